The Balaban J connectivity index is 1.52. The summed E-state index contributed by atoms with van der Waals surface area (Å²) in [5.41, 5.74) is 0.775. The number of benzene rings is 2. The lowest BCUT2D eigenvalue weighted by atomic mass is 9.81. The van der Waals surface area contributed by atoms with Crippen LogP contribution in [-0.4, -0.2) is 42.2 Å². The summed E-state index contributed by atoms with van der Waals surface area (Å²) in [6.07, 6.45) is 3.12. The summed E-state index contributed by atoms with van der Waals surface area (Å²) in [4.78, 5) is 15.7. The van der Waals surface area contributed by atoms with Crippen molar-refractivity contribution < 1.29 is 14.6 Å². The molecule has 2 saturated carbocycles. The van der Waals surface area contributed by atoms with Gasteiger partial charge in [-0.05, 0) is 51.4 Å². The second-order valence-corrected chi connectivity index (χ2v) is 8.56. The van der Waals surface area contributed by atoms with E-state index in [9.17, 15) is 9.90 Å². The largest absolute Gasteiger partial charge is 0.459 e. The van der Waals surface area contributed by atoms with Crippen LogP contribution >= 0.6 is 0 Å². The van der Waals surface area contributed by atoms with Gasteiger partial charge < -0.3 is 20.1 Å². The maximum atomic E-state index is 13.5. The van der Waals surface area contributed by atoms with Crippen molar-refractivity contribution in [1.29, 1.82) is 0 Å². The minimum absolute atomic E-state index is 0.113. The minimum Gasteiger partial charge on any atom is -0.459 e. The van der Waals surface area contributed by atoms with Gasteiger partial charge in [0, 0.05) is 34.5 Å². The molecule has 4 atom stereocenters. The van der Waals surface area contributed by atoms with Gasteiger partial charge in [0.2, 0.25) is 5.60 Å². The molecule has 1 heterocycles. The molecule has 2 aromatic carbocycles. The van der Waals surface area contributed by atoms with Gasteiger partial charge in [0.15, 0.2) is 0 Å². The number of para-hydroxylation sites is 2. The maximum Gasteiger partial charge on any atom is 0.348 e. The number of ether oxygens (including phenoxy) is 1. The van der Waals surface area contributed by atoms with E-state index in [1.165, 1.54) is 0 Å². The number of aliphatic hydroxyl groups is 1. The first-order valence-corrected chi connectivity index (χ1v) is 10.1. The molecule has 5 rings (SSSR count). The van der Waals surface area contributed by atoms with Crippen LogP contribution in [0.3, 0.4) is 0 Å². The maximum absolute atomic E-state index is 13.5. The van der Waals surface area contributed by atoms with Crippen LogP contribution in [0.1, 0.15) is 30.4 Å². The van der Waals surface area contributed by atoms with Crippen LogP contribution in [0.4, 0.5) is 11.4 Å². The van der Waals surface area contributed by atoms with E-state index in [0.29, 0.717) is 29.0 Å². The topological polar surface area (TPSA) is 61.8 Å². The van der Waals surface area contributed by atoms with Gasteiger partial charge in [-0.15, -0.1) is 0 Å². The lowest BCUT2D eigenvalue weighted by molar-refractivity contribution is -0.170. The Morgan fingerprint density at radius 1 is 1.07 bits per heavy atom. The van der Waals surface area contributed by atoms with E-state index in [1.54, 1.807) is 12.1 Å². The quantitative estimate of drug-likeness (QED) is 0.803. The average molecular weight is 378 g/mol. The van der Waals surface area contributed by atoms with E-state index in [1.807, 2.05) is 36.4 Å². The second-order valence-electron chi connectivity index (χ2n) is 8.56. The molecule has 5 nitrogen and oxygen atoms in total. The second kappa shape index (κ2) is 6.33. The van der Waals surface area contributed by atoms with Crippen molar-refractivity contribution in [3.63, 3.8) is 0 Å². The van der Waals surface area contributed by atoms with Crippen molar-refractivity contribution in [2.45, 2.75) is 37.0 Å². The molecule has 5 heteroatoms. The predicted octanol–water partition coefficient (Wildman–Crippen LogP) is 3.25. The van der Waals surface area contributed by atoms with E-state index in [2.05, 4.69) is 24.3 Å². The molecule has 0 radical (unpaired) electrons. The van der Waals surface area contributed by atoms with Crippen LogP contribution in [0, 0.1) is 11.8 Å². The summed E-state index contributed by atoms with van der Waals surface area (Å²) in [5.74, 6) is 0.173. The van der Waals surface area contributed by atoms with Crippen LogP contribution in [0.2, 0.25) is 0 Å². The summed E-state index contributed by atoms with van der Waals surface area (Å²) < 4.78 is 6.09. The van der Waals surface area contributed by atoms with Crippen molar-refractivity contribution in [3.05, 3.63) is 59.7 Å². The van der Waals surface area contributed by atoms with E-state index >= 15 is 0 Å². The number of anilines is 2. The highest BCUT2D eigenvalue weighted by molar-refractivity contribution is 5.93. The molecule has 0 spiro atoms. The van der Waals surface area contributed by atoms with Gasteiger partial charge in [0.1, 0.15) is 6.10 Å². The Bertz CT molecular complexity index is 880. The number of rotatable bonds is 3. The monoisotopic (exact) mass is 378 g/mol. The highest BCUT2D eigenvalue weighted by Gasteiger charge is 2.54. The van der Waals surface area contributed by atoms with Crippen molar-refractivity contribution in [3.8, 4) is 0 Å². The molecule has 2 bridgehead atoms. The minimum atomic E-state index is -1.80. The number of carbonyl (C=O) groups is 1. The molecule has 28 heavy (non-hydrogen) atoms. The Morgan fingerprint density at radius 3 is 2.25 bits per heavy atom. The zero-order valence-corrected chi connectivity index (χ0v) is 16.3. The molecule has 4 unspecified atom stereocenters. The molecule has 0 amide bonds. The molecule has 2 N–H and O–H groups in total. The third kappa shape index (κ3) is 2.43. The number of hydrogen-bond donors (Lipinski definition) is 2. The van der Waals surface area contributed by atoms with Crippen LogP contribution in [0.25, 0.3) is 0 Å². The Kier molecular flexibility index (Phi) is 4.00. The van der Waals surface area contributed by atoms with Gasteiger partial charge in [-0.3, -0.25) is 0 Å². The van der Waals surface area contributed by atoms with E-state index in [4.69, 9.17) is 4.74 Å². The standard InChI is InChI=1S/C23H26N2O3/c1-25(2)20-13-14-11-12-15(20)21(14)28-22(26)23(27)16-7-3-5-9-18(16)24-19-10-6-4-8-17(19)23/h3-10,14-15,20-21,24,27H,11-13H2,1-2H3. The third-order valence-electron chi connectivity index (χ3n) is 6.90. The molecule has 3 aliphatic rings. The number of hydrogen-bond acceptors (Lipinski definition) is 5. The first kappa shape index (κ1) is 17.7. The molecular formula is C23H26N2O3. The molecule has 146 valence electrons. The number of nitrogens with zero attached hydrogens (tertiary/aromatic N) is 1. The first-order valence-electron chi connectivity index (χ1n) is 10.1. The van der Waals surface area contributed by atoms with Crippen molar-refractivity contribution in [1.82, 2.24) is 4.90 Å². The van der Waals surface area contributed by atoms with Gasteiger partial charge >= 0.3 is 5.97 Å². The Morgan fingerprint density at radius 2 is 1.68 bits per heavy atom. The molecule has 1 aliphatic heterocycles. The zero-order valence-electron chi connectivity index (χ0n) is 16.3. The van der Waals surface area contributed by atoms with Crippen molar-refractivity contribution in [2.75, 3.05) is 19.4 Å². The van der Waals surface area contributed by atoms with Crippen LogP contribution < -0.4 is 5.32 Å². The fourth-order valence-electron chi connectivity index (χ4n) is 5.54. The van der Waals surface area contributed by atoms with Crippen LogP contribution in [0.15, 0.2) is 48.5 Å². The SMILES string of the molecule is CN(C)C1CC2CCC1C2OC(=O)C1(O)c2ccccc2Nc2ccccc21. The fourth-order valence-corrected chi connectivity index (χ4v) is 5.54. The summed E-state index contributed by atoms with van der Waals surface area (Å²) in [6.45, 7) is 0. The van der Waals surface area contributed by atoms with Gasteiger partial charge in [-0.25, -0.2) is 4.79 Å². The third-order valence-corrected chi connectivity index (χ3v) is 6.90. The first-order chi connectivity index (χ1) is 13.5. The number of esters is 1. The molecule has 2 fully saturated rings. The van der Waals surface area contributed by atoms with Gasteiger partial charge in [0.05, 0.1) is 0 Å². The molecule has 2 aromatic rings. The van der Waals surface area contributed by atoms with E-state index in [-0.39, 0.29) is 6.10 Å². The van der Waals surface area contributed by atoms with Crippen LogP contribution in [0.5, 0.6) is 0 Å². The van der Waals surface area contributed by atoms with Crippen molar-refractivity contribution >= 4 is 17.3 Å². The van der Waals surface area contributed by atoms with Crippen molar-refractivity contribution in [2.24, 2.45) is 11.8 Å². The molecular weight excluding hydrogens is 352 g/mol. The highest BCUT2D eigenvalue weighted by Crippen LogP contribution is 2.50. The fraction of sp³-hybridized carbons (Fsp3) is 0.435. The summed E-state index contributed by atoms with van der Waals surface area (Å²) in [5, 5.41) is 15.1. The number of fused-ring (bicyclic) bond motifs is 4. The molecule has 0 saturated heterocycles. The normalized spacial score (nSPS) is 29.1. The highest BCUT2D eigenvalue weighted by atomic mass is 16.6. The predicted molar refractivity (Wildman–Crippen MR) is 107 cm³/mol. The lowest BCUT2D eigenvalue weighted by Crippen LogP contribution is -2.44. The molecule has 2 aliphatic carbocycles. The summed E-state index contributed by atoms with van der Waals surface area (Å²) in [7, 11) is 4.19. The lowest BCUT2D eigenvalue weighted by Gasteiger charge is -2.36. The number of carbonyl (C=O) groups excluding carboxylic acids is 1. The van der Waals surface area contributed by atoms with Gasteiger partial charge in [0.25, 0.3) is 0 Å². The zero-order chi connectivity index (χ0) is 19.5. The average Bonchev–Trinajstić information content (AvgIpc) is 3.25. The Labute approximate surface area is 165 Å². The summed E-state index contributed by atoms with van der Waals surface area (Å²) in [6, 6.07) is 15.3. The van der Waals surface area contributed by atoms with Gasteiger partial charge in [-0.2, -0.15) is 0 Å². The summed E-state index contributed by atoms with van der Waals surface area (Å²) >= 11 is 0. The van der Waals surface area contributed by atoms with E-state index < -0.39 is 11.6 Å². The Hall–Kier alpha value is -2.37. The van der Waals surface area contributed by atoms with E-state index in [0.717, 1.165) is 30.6 Å². The van der Waals surface area contributed by atoms with Gasteiger partial charge in [-0.1, -0.05) is 36.4 Å². The smallest absolute Gasteiger partial charge is 0.348 e. The number of nitrogens with one attached hydrogen (secondary N) is 1. The molecule has 0 aromatic heterocycles. The van der Waals surface area contributed by atoms with Crippen LogP contribution in [-0.2, 0) is 15.1 Å².